The van der Waals surface area contributed by atoms with Gasteiger partial charge in [0, 0.05) is 82.1 Å². The second kappa shape index (κ2) is 18.0. The van der Waals surface area contributed by atoms with Gasteiger partial charge >= 0.3 is 0 Å². The summed E-state index contributed by atoms with van der Waals surface area (Å²) in [6.07, 6.45) is 13.6. The zero-order chi connectivity index (χ0) is 42.0. The molecule has 0 radical (unpaired) electrons. The molecule has 1 aliphatic carbocycles. The summed E-state index contributed by atoms with van der Waals surface area (Å²) in [7, 11) is 0. The lowest BCUT2D eigenvalue weighted by Gasteiger charge is -2.41. The minimum atomic E-state index is -0.253. The number of nitrogens with one attached hydrogen (secondary N) is 2. The summed E-state index contributed by atoms with van der Waals surface area (Å²) in [5.41, 5.74) is 4.52. The fraction of sp³-hybridized carbons (Fsp3) is 0.553. The van der Waals surface area contributed by atoms with E-state index in [9.17, 15) is 19.2 Å². The van der Waals surface area contributed by atoms with Gasteiger partial charge in [0.15, 0.2) is 5.78 Å². The van der Waals surface area contributed by atoms with E-state index in [0.717, 1.165) is 107 Å². The number of Topliss-reactive ketones (excluding diaryl/α,β-unsaturated/α-hetero) is 1. The van der Waals surface area contributed by atoms with Crippen LogP contribution in [0.2, 0.25) is 0 Å². The summed E-state index contributed by atoms with van der Waals surface area (Å²) in [4.78, 5) is 74.2. The first kappa shape index (κ1) is 41.2. The third kappa shape index (κ3) is 8.93. The topological polar surface area (TPSA) is 149 Å². The summed E-state index contributed by atoms with van der Waals surface area (Å²) < 4.78 is 1.74. The van der Waals surface area contributed by atoms with Crippen molar-refractivity contribution in [1.29, 1.82) is 0 Å². The van der Waals surface area contributed by atoms with Crippen LogP contribution in [0.1, 0.15) is 105 Å². The number of carbonyl (C=O) groups excluding carboxylic acids is 3. The first-order valence-corrected chi connectivity index (χ1v) is 22.7. The average molecular weight is 829 g/mol. The molecule has 5 aliphatic rings. The number of anilines is 4. The van der Waals surface area contributed by atoms with Crippen molar-refractivity contribution >= 4 is 51.8 Å². The van der Waals surface area contributed by atoms with E-state index in [1.807, 2.05) is 19.2 Å². The standard InChI is InChI=1S/C47H60N10O4/c1-31-40-30-49-47(52-44(40)57(37-5-3-4-6-37)46(61)43(31)32(2)58)50-41-13-11-38(29-48-41)56-27-25-54(26-28-56)24-23-53-19-15-33(16-20-53)34-17-21-55(22-18-34)36-9-7-35(8-10-36)39-12-14-42(59)51-45(39)60/h7-11,13,29-30,33-34,37,39H,3-6,12,14-28H2,1-2H3,(H,51,59,60)(H,48,49,50,52). The lowest BCUT2D eigenvalue weighted by molar-refractivity contribution is -0.134. The van der Waals surface area contributed by atoms with Crippen LogP contribution in [0.25, 0.3) is 11.0 Å². The van der Waals surface area contributed by atoms with Gasteiger partial charge in [0.2, 0.25) is 17.8 Å². The molecular formula is C47H60N10O4. The Hall–Kier alpha value is -5.21. The highest BCUT2D eigenvalue weighted by Gasteiger charge is 2.32. The molecule has 1 unspecified atom stereocenters. The van der Waals surface area contributed by atoms with Crippen LogP contribution in [-0.2, 0) is 9.59 Å². The molecule has 5 fully saturated rings. The van der Waals surface area contributed by atoms with Crippen LogP contribution in [0.15, 0.2) is 53.6 Å². The number of hydrogen-bond acceptors (Lipinski definition) is 12. The lowest BCUT2D eigenvalue weighted by Crippen LogP contribution is -2.49. The Bertz CT molecular complexity index is 2280. The second-order valence-electron chi connectivity index (χ2n) is 18.1. The van der Waals surface area contributed by atoms with E-state index in [1.54, 1.807) is 10.8 Å². The molecule has 14 heteroatoms. The molecule has 0 spiro atoms. The van der Waals surface area contributed by atoms with Gasteiger partial charge in [-0.25, -0.2) is 9.97 Å². The normalized spacial score (nSPS) is 21.6. The van der Waals surface area contributed by atoms with Crippen LogP contribution < -0.4 is 26.0 Å². The number of aryl methyl sites for hydroxylation is 1. The van der Waals surface area contributed by atoms with Gasteiger partial charge in [-0.1, -0.05) is 25.0 Å². The molecule has 3 aromatic heterocycles. The number of amides is 2. The Kier molecular flexibility index (Phi) is 12.2. The lowest BCUT2D eigenvalue weighted by atomic mass is 9.78. The Balaban J connectivity index is 0.704. The number of piperidine rings is 3. The molecule has 7 heterocycles. The van der Waals surface area contributed by atoms with Gasteiger partial charge in [-0.15, -0.1) is 0 Å². The minimum absolute atomic E-state index is 0.0299. The largest absolute Gasteiger partial charge is 0.372 e. The molecule has 2 amide bonds. The van der Waals surface area contributed by atoms with Gasteiger partial charge in [0.1, 0.15) is 11.5 Å². The van der Waals surface area contributed by atoms with Gasteiger partial charge in [-0.3, -0.25) is 34.0 Å². The first-order chi connectivity index (χ1) is 29.7. The van der Waals surface area contributed by atoms with Crippen molar-refractivity contribution in [2.45, 2.75) is 90.0 Å². The number of rotatable bonds is 11. The molecule has 1 saturated carbocycles. The second-order valence-corrected chi connectivity index (χ2v) is 18.1. The number of imide groups is 1. The molecule has 14 nitrogen and oxygen atoms in total. The van der Waals surface area contributed by atoms with Gasteiger partial charge in [0.05, 0.1) is 23.4 Å². The molecule has 1 aromatic carbocycles. The van der Waals surface area contributed by atoms with Crippen molar-refractivity contribution in [3.63, 3.8) is 0 Å². The van der Waals surface area contributed by atoms with Gasteiger partial charge < -0.3 is 20.0 Å². The van der Waals surface area contributed by atoms with E-state index in [1.165, 1.54) is 51.4 Å². The third-order valence-electron chi connectivity index (χ3n) is 14.4. The zero-order valence-electron chi connectivity index (χ0n) is 35.8. The zero-order valence-corrected chi connectivity index (χ0v) is 35.8. The summed E-state index contributed by atoms with van der Waals surface area (Å²) in [5, 5.41) is 6.46. The third-order valence-corrected chi connectivity index (χ3v) is 14.4. The van der Waals surface area contributed by atoms with Crippen LogP contribution in [0.3, 0.4) is 0 Å². The van der Waals surface area contributed by atoms with E-state index < -0.39 is 0 Å². The molecule has 9 rings (SSSR count). The highest BCUT2D eigenvalue weighted by molar-refractivity contribution is 6.01. The van der Waals surface area contributed by atoms with Gasteiger partial charge in [0.25, 0.3) is 5.56 Å². The van der Waals surface area contributed by atoms with E-state index in [4.69, 9.17) is 9.97 Å². The number of fused-ring (bicyclic) bond motifs is 1. The van der Waals surface area contributed by atoms with Crippen LogP contribution >= 0.6 is 0 Å². The highest BCUT2D eigenvalue weighted by Crippen LogP contribution is 2.36. The molecule has 1 atom stereocenters. The monoisotopic (exact) mass is 828 g/mol. The first-order valence-electron chi connectivity index (χ1n) is 22.7. The average Bonchev–Trinajstić information content (AvgIpc) is 3.81. The highest BCUT2D eigenvalue weighted by atomic mass is 16.2. The van der Waals surface area contributed by atoms with E-state index in [0.29, 0.717) is 35.8 Å². The van der Waals surface area contributed by atoms with Crippen molar-refractivity contribution in [1.82, 2.24) is 34.6 Å². The fourth-order valence-corrected chi connectivity index (χ4v) is 10.8. The van der Waals surface area contributed by atoms with Crippen LogP contribution in [0, 0.1) is 18.8 Å². The number of pyridine rings is 2. The summed E-state index contributed by atoms with van der Waals surface area (Å²) in [5.74, 6) is 1.84. The SMILES string of the molecule is CC(=O)c1c(C)c2cnc(Nc3ccc(N4CCN(CCN5CCC(C6CCN(c7ccc(C8CCC(=O)NC8=O)cc7)CC6)CC5)CC4)cn3)nc2n(C2CCCC2)c1=O. The number of carbonyl (C=O) groups is 3. The van der Waals surface area contributed by atoms with Gasteiger partial charge in [-0.05, 0) is 119 Å². The number of likely N-dealkylation sites (tertiary alicyclic amines) is 1. The van der Waals surface area contributed by atoms with E-state index in [-0.39, 0.29) is 40.7 Å². The van der Waals surface area contributed by atoms with E-state index in [2.05, 4.69) is 65.5 Å². The molecule has 322 valence electrons. The molecule has 2 N–H and O–H groups in total. The maximum Gasteiger partial charge on any atom is 0.263 e. The van der Waals surface area contributed by atoms with E-state index >= 15 is 0 Å². The Morgan fingerprint density at radius 1 is 0.738 bits per heavy atom. The van der Waals surface area contributed by atoms with Crippen molar-refractivity contribution in [3.05, 3.63) is 75.8 Å². The number of ketones is 1. The van der Waals surface area contributed by atoms with Gasteiger partial charge in [-0.2, -0.15) is 4.98 Å². The fourth-order valence-electron chi connectivity index (χ4n) is 10.8. The Morgan fingerprint density at radius 3 is 2.02 bits per heavy atom. The summed E-state index contributed by atoms with van der Waals surface area (Å²) in [6.45, 7) is 14.1. The van der Waals surface area contributed by atoms with Crippen LogP contribution in [0.4, 0.5) is 23.1 Å². The molecule has 4 saturated heterocycles. The molecular weight excluding hydrogens is 769 g/mol. The molecule has 4 aromatic rings. The maximum atomic E-state index is 13.6. The molecule has 4 aliphatic heterocycles. The Morgan fingerprint density at radius 2 is 1.38 bits per heavy atom. The predicted molar refractivity (Wildman–Crippen MR) is 238 cm³/mol. The molecule has 61 heavy (non-hydrogen) atoms. The van der Waals surface area contributed by atoms with Crippen molar-refractivity contribution in [2.75, 3.05) is 80.6 Å². The molecule has 0 bridgehead atoms. The minimum Gasteiger partial charge on any atom is -0.372 e. The predicted octanol–water partition coefficient (Wildman–Crippen LogP) is 5.83. The number of aromatic nitrogens is 4. The summed E-state index contributed by atoms with van der Waals surface area (Å²) >= 11 is 0. The number of nitrogens with zero attached hydrogens (tertiary/aromatic N) is 8. The number of benzene rings is 1. The number of piperazine rings is 1. The van der Waals surface area contributed by atoms with Crippen LogP contribution in [-0.4, -0.2) is 112 Å². The van der Waals surface area contributed by atoms with Crippen molar-refractivity contribution in [3.8, 4) is 0 Å². The maximum absolute atomic E-state index is 13.6. The van der Waals surface area contributed by atoms with Crippen LogP contribution in [0.5, 0.6) is 0 Å². The quantitative estimate of drug-likeness (QED) is 0.139. The summed E-state index contributed by atoms with van der Waals surface area (Å²) in [6, 6.07) is 12.5. The smallest absolute Gasteiger partial charge is 0.263 e. The number of hydrogen-bond donors (Lipinski definition) is 2. The Labute approximate surface area is 358 Å². The van der Waals surface area contributed by atoms with Crippen molar-refractivity contribution in [2.24, 2.45) is 11.8 Å². The van der Waals surface area contributed by atoms with Crippen molar-refractivity contribution < 1.29 is 14.4 Å².